The third-order valence-corrected chi connectivity index (χ3v) is 5.95. The highest BCUT2D eigenvalue weighted by Gasteiger charge is 2.34. The molecule has 1 saturated heterocycles. The summed E-state index contributed by atoms with van der Waals surface area (Å²) >= 11 is 1.55. The second-order valence-electron chi connectivity index (χ2n) is 4.06. The molecule has 0 aliphatic carbocycles. The summed E-state index contributed by atoms with van der Waals surface area (Å²) in [5.41, 5.74) is 6.17. The second kappa shape index (κ2) is 4.81. The van der Waals surface area contributed by atoms with Crippen LogP contribution in [-0.4, -0.2) is 25.7 Å². The molecule has 6 heteroatoms. The Morgan fingerprint density at radius 3 is 3.00 bits per heavy atom. The minimum absolute atomic E-state index is 0.313. The van der Waals surface area contributed by atoms with E-state index in [0.29, 0.717) is 12.3 Å². The van der Waals surface area contributed by atoms with Gasteiger partial charge in [-0.1, -0.05) is 0 Å². The Balaban J connectivity index is 2.13. The first-order valence-electron chi connectivity index (χ1n) is 5.49. The predicted molar refractivity (Wildman–Crippen MR) is 65.3 cm³/mol. The monoisotopic (exact) mass is 260 g/mol. The van der Waals surface area contributed by atoms with E-state index in [0.717, 1.165) is 36.4 Å². The van der Waals surface area contributed by atoms with E-state index in [2.05, 4.69) is 4.98 Å². The minimum Gasteiger partial charge on any atom is -0.330 e. The van der Waals surface area contributed by atoms with Gasteiger partial charge in [0.15, 0.2) is 9.84 Å². The maximum absolute atomic E-state index is 11.7. The topological polar surface area (TPSA) is 73.0 Å². The fourth-order valence-corrected chi connectivity index (χ4v) is 4.81. The number of aryl methyl sites for hydroxylation is 1. The normalized spacial score (nSPS) is 23.7. The molecule has 1 aliphatic heterocycles. The van der Waals surface area contributed by atoms with E-state index >= 15 is 0 Å². The van der Waals surface area contributed by atoms with Gasteiger partial charge >= 0.3 is 0 Å². The van der Waals surface area contributed by atoms with Crippen LogP contribution in [0.1, 0.15) is 35.2 Å². The van der Waals surface area contributed by atoms with Crippen LogP contribution in [0.25, 0.3) is 0 Å². The molecule has 0 saturated carbocycles. The Bertz CT molecular complexity index is 453. The van der Waals surface area contributed by atoms with E-state index in [1.54, 1.807) is 11.3 Å². The van der Waals surface area contributed by atoms with Crippen molar-refractivity contribution in [2.45, 2.75) is 30.9 Å². The van der Waals surface area contributed by atoms with Gasteiger partial charge < -0.3 is 5.73 Å². The molecule has 0 aromatic carbocycles. The lowest BCUT2D eigenvalue weighted by Gasteiger charge is -2.04. The van der Waals surface area contributed by atoms with Crippen LogP contribution in [0, 0.1) is 0 Å². The van der Waals surface area contributed by atoms with Crippen LogP contribution in [0.4, 0.5) is 0 Å². The fourth-order valence-electron chi connectivity index (χ4n) is 1.96. The average molecular weight is 260 g/mol. The molecule has 1 aliphatic rings. The minimum atomic E-state index is -2.93. The van der Waals surface area contributed by atoms with Gasteiger partial charge in [0.1, 0.15) is 5.25 Å². The van der Waals surface area contributed by atoms with Crippen molar-refractivity contribution < 1.29 is 8.42 Å². The van der Waals surface area contributed by atoms with E-state index in [1.165, 1.54) is 0 Å². The molecule has 2 N–H and O–H groups in total. The molecule has 2 rings (SSSR count). The summed E-state index contributed by atoms with van der Waals surface area (Å²) in [7, 11) is -2.93. The lowest BCUT2D eigenvalue weighted by atomic mass is 10.2. The fraction of sp³-hybridized carbons (Fsp3) is 0.700. The molecule has 1 atom stereocenters. The lowest BCUT2D eigenvalue weighted by Crippen LogP contribution is -2.08. The third kappa shape index (κ3) is 2.44. The number of rotatable bonds is 4. The highest BCUT2D eigenvalue weighted by atomic mass is 32.2. The first-order chi connectivity index (χ1) is 7.63. The SMILES string of the molecule is NCCCc1nc(C2CCCS2(=O)=O)cs1. The van der Waals surface area contributed by atoms with Gasteiger partial charge in [0.25, 0.3) is 0 Å². The molecular formula is C10H16N2O2S2. The molecule has 1 unspecified atom stereocenters. The number of hydrogen-bond donors (Lipinski definition) is 1. The van der Waals surface area contributed by atoms with Crippen LogP contribution < -0.4 is 5.73 Å². The van der Waals surface area contributed by atoms with E-state index in [-0.39, 0.29) is 5.25 Å². The van der Waals surface area contributed by atoms with E-state index in [1.807, 2.05) is 5.38 Å². The van der Waals surface area contributed by atoms with E-state index < -0.39 is 9.84 Å². The second-order valence-corrected chi connectivity index (χ2v) is 7.30. The lowest BCUT2D eigenvalue weighted by molar-refractivity contribution is 0.591. The predicted octanol–water partition coefficient (Wildman–Crippen LogP) is 1.28. The van der Waals surface area contributed by atoms with Crippen LogP contribution >= 0.6 is 11.3 Å². The smallest absolute Gasteiger partial charge is 0.158 e. The molecule has 4 nitrogen and oxygen atoms in total. The maximum Gasteiger partial charge on any atom is 0.158 e. The molecule has 0 amide bonds. The Morgan fingerprint density at radius 2 is 2.38 bits per heavy atom. The largest absolute Gasteiger partial charge is 0.330 e. The van der Waals surface area contributed by atoms with Crippen molar-refractivity contribution in [1.29, 1.82) is 0 Å². The highest BCUT2D eigenvalue weighted by Crippen LogP contribution is 2.34. The van der Waals surface area contributed by atoms with Crippen molar-refractivity contribution in [3.63, 3.8) is 0 Å². The number of thiazole rings is 1. The highest BCUT2D eigenvalue weighted by molar-refractivity contribution is 7.91. The van der Waals surface area contributed by atoms with Gasteiger partial charge in [-0.2, -0.15) is 0 Å². The van der Waals surface area contributed by atoms with Crippen molar-refractivity contribution in [2.75, 3.05) is 12.3 Å². The first kappa shape index (κ1) is 12.0. The summed E-state index contributed by atoms with van der Waals surface area (Å²) in [4.78, 5) is 4.41. The van der Waals surface area contributed by atoms with Gasteiger partial charge in [-0.15, -0.1) is 11.3 Å². The van der Waals surface area contributed by atoms with Gasteiger partial charge in [0.05, 0.1) is 16.5 Å². The van der Waals surface area contributed by atoms with Crippen molar-refractivity contribution in [2.24, 2.45) is 5.73 Å². The van der Waals surface area contributed by atoms with E-state index in [9.17, 15) is 8.42 Å². The van der Waals surface area contributed by atoms with Crippen molar-refractivity contribution in [3.8, 4) is 0 Å². The summed E-state index contributed by atoms with van der Waals surface area (Å²) in [5.74, 6) is 0.313. The average Bonchev–Trinajstić information content (AvgIpc) is 2.81. The van der Waals surface area contributed by atoms with Crippen LogP contribution in [0.2, 0.25) is 0 Å². The molecule has 16 heavy (non-hydrogen) atoms. The van der Waals surface area contributed by atoms with Gasteiger partial charge in [0.2, 0.25) is 0 Å². The zero-order chi connectivity index (χ0) is 11.6. The maximum atomic E-state index is 11.7. The van der Waals surface area contributed by atoms with Gasteiger partial charge in [-0.25, -0.2) is 13.4 Å². The molecule has 0 bridgehead atoms. The summed E-state index contributed by atoms with van der Waals surface area (Å²) in [6.07, 6.45) is 3.25. The molecule has 1 aromatic heterocycles. The standard InChI is InChI=1S/C10H16N2O2S2/c11-5-1-4-10-12-8(7-15-10)9-3-2-6-16(9,13)14/h7,9H,1-6,11H2. The zero-order valence-electron chi connectivity index (χ0n) is 9.05. The van der Waals surface area contributed by atoms with Gasteiger partial charge in [0, 0.05) is 11.8 Å². The van der Waals surface area contributed by atoms with Crippen LogP contribution in [-0.2, 0) is 16.3 Å². The van der Waals surface area contributed by atoms with Crippen molar-refractivity contribution in [1.82, 2.24) is 4.98 Å². The molecular weight excluding hydrogens is 244 g/mol. The number of sulfone groups is 1. The summed E-state index contributed by atoms with van der Waals surface area (Å²) in [6.45, 7) is 0.649. The Morgan fingerprint density at radius 1 is 1.56 bits per heavy atom. The Hall–Kier alpha value is -0.460. The molecule has 1 fully saturated rings. The number of aromatic nitrogens is 1. The van der Waals surface area contributed by atoms with Crippen LogP contribution in [0.3, 0.4) is 0 Å². The van der Waals surface area contributed by atoms with Crippen molar-refractivity contribution in [3.05, 3.63) is 16.1 Å². The Labute approximate surface area is 99.8 Å². The van der Waals surface area contributed by atoms with Gasteiger partial charge in [-0.05, 0) is 25.8 Å². The summed E-state index contributed by atoms with van der Waals surface area (Å²) in [6, 6.07) is 0. The molecule has 1 aromatic rings. The molecule has 0 spiro atoms. The van der Waals surface area contributed by atoms with Crippen LogP contribution in [0.5, 0.6) is 0 Å². The summed E-state index contributed by atoms with van der Waals surface area (Å²) < 4.78 is 23.5. The number of hydrogen-bond acceptors (Lipinski definition) is 5. The quantitative estimate of drug-likeness (QED) is 0.885. The first-order valence-corrected chi connectivity index (χ1v) is 8.09. The number of nitrogens with zero attached hydrogens (tertiary/aromatic N) is 1. The third-order valence-electron chi connectivity index (χ3n) is 2.82. The number of nitrogens with two attached hydrogens (primary N) is 1. The van der Waals surface area contributed by atoms with E-state index in [4.69, 9.17) is 5.73 Å². The molecule has 2 heterocycles. The van der Waals surface area contributed by atoms with Crippen LogP contribution in [0.15, 0.2) is 5.38 Å². The molecule has 90 valence electrons. The van der Waals surface area contributed by atoms with Crippen molar-refractivity contribution >= 4 is 21.2 Å². The molecule has 0 radical (unpaired) electrons. The summed E-state index contributed by atoms with van der Waals surface area (Å²) in [5, 5.41) is 2.54. The Kier molecular flexibility index (Phi) is 3.61. The van der Waals surface area contributed by atoms with Gasteiger partial charge in [-0.3, -0.25) is 0 Å². The zero-order valence-corrected chi connectivity index (χ0v) is 10.7.